The third-order valence-electron chi connectivity index (χ3n) is 6.41. The Morgan fingerprint density at radius 1 is 1.03 bits per heavy atom. The molecule has 8 heteroatoms. The van der Waals surface area contributed by atoms with Gasteiger partial charge in [-0.2, -0.15) is 4.79 Å². The molecule has 0 amide bonds. The number of anilines is 1. The Kier molecular flexibility index (Phi) is 5.02. The Bertz CT molecular complexity index is 1000. The summed E-state index contributed by atoms with van der Waals surface area (Å²) in [5.41, 5.74) is 3.68. The summed E-state index contributed by atoms with van der Waals surface area (Å²) in [4.78, 5) is 18.0. The lowest BCUT2D eigenvalue weighted by Gasteiger charge is -2.40. The monoisotopic (exact) mass is 406 g/mol. The van der Waals surface area contributed by atoms with Crippen molar-refractivity contribution in [2.45, 2.75) is 58.2 Å². The topological polar surface area (TPSA) is 75.0 Å². The number of pyridine rings is 1. The number of aromatic nitrogens is 5. The Balaban J connectivity index is 1.52. The van der Waals surface area contributed by atoms with Gasteiger partial charge in [-0.05, 0) is 52.2 Å². The number of rotatable bonds is 3. The Morgan fingerprint density at radius 2 is 1.87 bits per heavy atom. The van der Waals surface area contributed by atoms with Gasteiger partial charge in [0.2, 0.25) is 0 Å². The van der Waals surface area contributed by atoms with Crippen molar-refractivity contribution in [1.29, 1.82) is 0 Å². The highest BCUT2D eigenvalue weighted by atomic mass is 15.7. The first kappa shape index (κ1) is 19.2. The molecule has 2 saturated heterocycles. The number of hydrogen-bond donors (Lipinski definition) is 1. The quantitative estimate of drug-likeness (QED) is 0.716. The highest BCUT2D eigenvalue weighted by molar-refractivity contribution is 5.89. The number of nitrogens with zero attached hydrogens (tertiary/aromatic N) is 7. The van der Waals surface area contributed by atoms with E-state index in [0.29, 0.717) is 18.1 Å². The van der Waals surface area contributed by atoms with Crippen LogP contribution in [0.5, 0.6) is 0 Å². The molecule has 0 radical (unpaired) electrons. The van der Waals surface area contributed by atoms with Gasteiger partial charge in [0.15, 0.2) is 0 Å². The van der Waals surface area contributed by atoms with E-state index in [1.165, 1.54) is 19.3 Å². The van der Waals surface area contributed by atoms with E-state index in [9.17, 15) is 0 Å². The van der Waals surface area contributed by atoms with Crippen molar-refractivity contribution in [1.82, 2.24) is 30.2 Å². The van der Waals surface area contributed by atoms with Gasteiger partial charge in [0.1, 0.15) is 28.9 Å². The van der Waals surface area contributed by atoms with Gasteiger partial charge in [0.05, 0.1) is 6.20 Å². The van der Waals surface area contributed by atoms with Crippen LogP contribution in [-0.4, -0.2) is 62.6 Å². The number of fused-ring (bicyclic) bond motifs is 1. The summed E-state index contributed by atoms with van der Waals surface area (Å²) in [6, 6.07) is 5.56. The summed E-state index contributed by atoms with van der Waals surface area (Å²) in [6.07, 6.45) is 9.01. The van der Waals surface area contributed by atoms with E-state index in [0.717, 1.165) is 47.7 Å². The Labute approximate surface area is 177 Å². The van der Waals surface area contributed by atoms with Crippen molar-refractivity contribution in [3.63, 3.8) is 0 Å². The molecule has 3 atom stereocenters. The molecule has 5 heterocycles. The van der Waals surface area contributed by atoms with E-state index < -0.39 is 0 Å². The molecule has 0 bridgehead atoms. The lowest BCUT2D eigenvalue weighted by atomic mass is 10.00. The maximum Gasteiger partial charge on any atom is 0.130 e. The van der Waals surface area contributed by atoms with Crippen molar-refractivity contribution in [3.8, 4) is 11.3 Å². The average molecular weight is 407 g/mol. The van der Waals surface area contributed by atoms with Crippen LogP contribution in [0.3, 0.4) is 0 Å². The van der Waals surface area contributed by atoms with Gasteiger partial charge in [0, 0.05) is 49.5 Å². The zero-order valence-corrected chi connectivity index (χ0v) is 18.0. The second-order valence-electron chi connectivity index (χ2n) is 8.71. The highest BCUT2D eigenvalue weighted by Gasteiger charge is 2.28. The summed E-state index contributed by atoms with van der Waals surface area (Å²) >= 11 is 0. The fourth-order valence-corrected chi connectivity index (χ4v) is 4.85. The zero-order valence-electron chi connectivity index (χ0n) is 18.0. The van der Waals surface area contributed by atoms with Crippen LogP contribution in [0.25, 0.3) is 22.3 Å². The SMILES string of the molecule is C[C@@H]1CN(c2ccc(-c3nn(N4[C@H](C)CCC[C@@H]4C)c4cncnc34)cn2)CCN1. The summed E-state index contributed by atoms with van der Waals surface area (Å²) in [7, 11) is 0. The van der Waals surface area contributed by atoms with Crippen LogP contribution >= 0.6 is 0 Å². The minimum Gasteiger partial charge on any atom is -0.354 e. The summed E-state index contributed by atoms with van der Waals surface area (Å²) < 4.78 is 0. The molecule has 2 fully saturated rings. The second-order valence-corrected chi connectivity index (χ2v) is 8.71. The average Bonchev–Trinajstić information content (AvgIpc) is 3.13. The molecule has 2 aliphatic heterocycles. The zero-order chi connectivity index (χ0) is 20.7. The fourth-order valence-electron chi connectivity index (χ4n) is 4.85. The van der Waals surface area contributed by atoms with Gasteiger partial charge in [-0.3, -0.25) is 5.01 Å². The third-order valence-corrected chi connectivity index (χ3v) is 6.41. The minimum absolute atomic E-state index is 0.431. The van der Waals surface area contributed by atoms with Crippen LogP contribution in [0.15, 0.2) is 30.9 Å². The molecule has 3 aromatic heterocycles. The van der Waals surface area contributed by atoms with Crippen molar-refractivity contribution in [3.05, 3.63) is 30.9 Å². The molecule has 2 aliphatic rings. The Morgan fingerprint density at radius 3 is 2.60 bits per heavy atom. The van der Waals surface area contributed by atoms with Crippen LogP contribution < -0.4 is 15.2 Å². The van der Waals surface area contributed by atoms with E-state index in [4.69, 9.17) is 10.1 Å². The molecule has 8 nitrogen and oxygen atoms in total. The third kappa shape index (κ3) is 3.39. The first-order valence-electron chi connectivity index (χ1n) is 11.0. The molecule has 0 aromatic carbocycles. The molecule has 0 spiro atoms. The van der Waals surface area contributed by atoms with E-state index in [2.05, 4.69) is 58.1 Å². The molecule has 0 saturated carbocycles. The normalized spacial score (nSPS) is 25.1. The molecule has 3 aromatic rings. The van der Waals surface area contributed by atoms with E-state index >= 15 is 0 Å². The number of piperidine rings is 1. The molecule has 5 rings (SSSR count). The lowest BCUT2D eigenvalue weighted by molar-refractivity contribution is 0.324. The first-order chi connectivity index (χ1) is 14.6. The molecule has 30 heavy (non-hydrogen) atoms. The first-order valence-corrected chi connectivity index (χ1v) is 11.0. The van der Waals surface area contributed by atoms with Crippen LogP contribution in [0.1, 0.15) is 40.0 Å². The molecule has 1 N–H and O–H groups in total. The number of piperazine rings is 1. The molecule has 158 valence electrons. The molecule has 0 unspecified atom stereocenters. The van der Waals surface area contributed by atoms with Gasteiger partial charge < -0.3 is 10.2 Å². The number of nitrogens with one attached hydrogen (secondary N) is 1. The maximum absolute atomic E-state index is 5.01. The van der Waals surface area contributed by atoms with Crippen molar-refractivity contribution in [2.24, 2.45) is 0 Å². The van der Waals surface area contributed by atoms with Gasteiger partial charge >= 0.3 is 0 Å². The van der Waals surface area contributed by atoms with Crippen molar-refractivity contribution >= 4 is 16.9 Å². The van der Waals surface area contributed by atoms with E-state index in [-0.39, 0.29) is 0 Å². The highest BCUT2D eigenvalue weighted by Crippen LogP contribution is 2.29. The van der Waals surface area contributed by atoms with Gasteiger partial charge in [-0.15, -0.1) is 5.10 Å². The Hall–Kier alpha value is -2.74. The van der Waals surface area contributed by atoms with Crippen LogP contribution in [0, 0.1) is 0 Å². The van der Waals surface area contributed by atoms with Crippen LogP contribution in [-0.2, 0) is 0 Å². The van der Waals surface area contributed by atoms with Gasteiger partial charge in [-0.1, -0.05) is 0 Å². The van der Waals surface area contributed by atoms with Crippen LogP contribution in [0.4, 0.5) is 5.82 Å². The van der Waals surface area contributed by atoms with Crippen molar-refractivity contribution < 1.29 is 0 Å². The van der Waals surface area contributed by atoms with E-state index in [1.807, 2.05) is 17.2 Å². The predicted octanol–water partition coefficient (Wildman–Crippen LogP) is 2.59. The smallest absolute Gasteiger partial charge is 0.130 e. The molecular formula is C22H30N8. The minimum atomic E-state index is 0.431. The lowest BCUT2D eigenvalue weighted by Crippen LogP contribution is -2.51. The fraction of sp³-hybridized carbons (Fsp3) is 0.545. The second kappa shape index (κ2) is 7.83. The molecule has 0 aliphatic carbocycles. The largest absolute Gasteiger partial charge is 0.354 e. The maximum atomic E-state index is 5.01. The standard InChI is InChI=1S/C22H30N8/c1-15-13-28(10-9-24-15)20-8-7-18(11-25-20)21-22-19(12-23-14-26-22)30(27-21)29-16(2)5-4-6-17(29)3/h7-8,11-12,14-17,24H,4-6,9-10,13H2,1-3H3/t15-,16-,17+/m1/s1. The molecular weight excluding hydrogens is 376 g/mol. The van der Waals surface area contributed by atoms with Crippen LogP contribution in [0.2, 0.25) is 0 Å². The number of hydrogen-bond acceptors (Lipinski definition) is 7. The van der Waals surface area contributed by atoms with Crippen molar-refractivity contribution in [2.75, 3.05) is 29.5 Å². The van der Waals surface area contributed by atoms with Gasteiger partial charge in [-0.25, -0.2) is 15.0 Å². The summed E-state index contributed by atoms with van der Waals surface area (Å²) in [5.74, 6) is 1.02. The summed E-state index contributed by atoms with van der Waals surface area (Å²) in [6.45, 7) is 9.70. The van der Waals surface area contributed by atoms with E-state index in [1.54, 1.807) is 6.33 Å². The predicted molar refractivity (Wildman–Crippen MR) is 119 cm³/mol. The van der Waals surface area contributed by atoms with Gasteiger partial charge in [0.25, 0.3) is 0 Å². The summed E-state index contributed by atoms with van der Waals surface area (Å²) in [5, 5.41) is 10.9.